The van der Waals surface area contributed by atoms with Gasteiger partial charge in [0.15, 0.2) is 0 Å². The topological polar surface area (TPSA) is 29.3 Å². The van der Waals surface area contributed by atoms with Crippen molar-refractivity contribution in [2.75, 3.05) is 26.2 Å². The van der Waals surface area contributed by atoms with Crippen LogP contribution in [0.15, 0.2) is 0 Å². The lowest BCUT2D eigenvalue weighted by molar-refractivity contribution is 0.174. The maximum atomic E-state index is 5.63. The lowest BCUT2D eigenvalue weighted by Crippen LogP contribution is -2.34. The summed E-state index contributed by atoms with van der Waals surface area (Å²) in [4.78, 5) is 2.65. The van der Waals surface area contributed by atoms with E-state index in [1.54, 1.807) is 0 Å². The van der Waals surface area contributed by atoms with E-state index >= 15 is 0 Å². The molecular formula is C14H30N2. The van der Waals surface area contributed by atoms with Gasteiger partial charge >= 0.3 is 0 Å². The molecule has 96 valence electrons. The molecule has 0 aromatic rings. The molecule has 2 heteroatoms. The van der Waals surface area contributed by atoms with Gasteiger partial charge in [0.05, 0.1) is 0 Å². The van der Waals surface area contributed by atoms with Crippen molar-refractivity contribution in [1.82, 2.24) is 4.90 Å². The molecule has 1 aliphatic heterocycles. The number of piperidine rings is 1. The largest absolute Gasteiger partial charge is 0.330 e. The number of nitrogens with two attached hydrogens (primary N) is 1. The first-order valence-corrected chi connectivity index (χ1v) is 7.18. The third-order valence-corrected chi connectivity index (χ3v) is 3.98. The molecule has 2 nitrogen and oxygen atoms in total. The molecule has 0 bridgehead atoms. The van der Waals surface area contributed by atoms with E-state index in [0.717, 1.165) is 12.5 Å². The zero-order valence-electron chi connectivity index (χ0n) is 11.3. The lowest BCUT2D eigenvalue weighted by atomic mass is 9.92. The minimum atomic E-state index is 0.706. The molecule has 1 saturated heterocycles. The molecule has 0 saturated carbocycles. The van der Waals surface area contributed by atoms with Crippen LogP contribution in [0.25, 0.3) is 0 Å². The Morgan fingerprint density at radius 3 is 2.56 bits per heavy atom. The van der Waals surface area contributed by atoms with Crippen molar-refractivity contribution in [2.45, 2.75) is 52.4 Å². The van der Waals surface area contributed by atoms with E-state index in [1.807, 2.05) is 0 Å². The molecular weight excluding hydrogens is 196 g/mol. The first kappa shape index (κ1) is 14.0. The average Bonchev–Trinajstić information content (AvgIpc) is 2.31. The van der Waals surface area contributed by atoms with Gasteiger partial charge in [-0.05, 0) is 63.7 Å². The summed E-state index contributed by atoms with van der Waals surface area (Å²) in [6, 6.07) is 0. The van der Waals surface area contributed by atoms with E-state index < -0.39 is 0 Å². The van der Waals surface area contributed by atoms with Crippen LogP contribution in [0.4, 0.5) is 0 Å². The van der Waals surface area contributed by atoms with E-state index in [-0.39, 0.29) is 0 Å². The standard InChI is InChI=1S/C14H30N2/c1-3-5-14-7-10-16(11-8-14)9-4-6-13(2)12-15/h13-14H,3-12,15H2,1-2H3. The summed E-state index contributed by atoms with van der Waals surface area (Å²) in [5.41, 5.74) is 5.63. The van der Waals surface area contributed by atoms with Gasteiger partial charge in [0.2, 0.25) is 0 Å². The van der Waals surface area contributed by atoms with Gasteiger partial charge in [0, 0.05) is 0 Å². The third kappa shape index (κ3) is 5.31. The fourth-order valence-corrected chi connectivity index (χ4v) is 2.69. The molecule has 16 heavy (non-hydrogen) atoms. The predicted octanol–water partition coefficient (Wildman–Crippen LogP) is 2.87. The molecule has 0 aliphatic carbocycles. The van der Waals surface area contributed by atoms with Crippen LogP contribution < -0.4 is 5.73 Å². The highest BCUT2D eigenvalue weighted by Gasteiger charge is 2.17. The number of likely N-dealkylation sites (tertiary alicyclic amines) is 1. The summed E-state index contributed by atoms with van der Waals surface area (Å²) < 4.78 is 0. The van der Waals surface area contributed by atoms with E-state index in [9.17, 15) is 0 Å². The lowest BCUT2D eigenvalue weighted by Gasteiger charge is -2.32. The van der Waals surface area contributed by atoms with Crippen LogP contribution in [0.5, 0.6) is 0 Å². The zero-order chi connectivity index (χ0) is 11.8. The van der Waals surface area contributed by atoms with Gasteiger partial charge in [0.1, 0.15) is 0 Å². The summed E-state index contributed by atoms with van der Waals surface area (Å²) in [6.45, 7) is 9.37. The normalized spacial score (nSPS) is 21.2. The molecule has 1 unspecified atom stereocenters. The van der Waals surface area contributed by atoms with Crippen LogP contribution in [0.3, 0.4) is 0 Å². The highest BCUT2D eigenvalue weighted by Crippen LogP contribution is 2.21. The Balaban J connectivity index is 2.03. The van der Waals surface area contributed by atoms with Crippen molar-refractivity contribution in [2.24, 2.45) is 17.6 Å². The minimum absolute atomic E-state index is 0.706. The second-order valence-electron chi connectivity index (χ2n) is 5.56. The molecule has 0 radical (unpaired) electrons. The monoisotopic (exact) mass is 226 g/mol. The molecule has 1 fully saturated rings. The van der Waals surface area contributed by atoms with Crippen LogP contribution in [0.1, 0.15) is 52.4 Å². The smallest absolute Gasteiger partial charge is 0.00161 e. The zero-order valence-corrected chi connectivity index (χ0v) is 11.3. The number of nitrogens with zero attached hydrogens (tertiary/aromatic N) is 1. The highest BCUT2D eigenvalue weighted by molar-refractivity contribution is 4.72. The Kier molecular flexibility index (Phi) is 7.06. The number of hydrogen-bond donors (Lipinski definition) is 1. The van der Waals surface area contributed by atoms with Crippen LogP contribution in [-0.4, -0.2) is 31.1 Å². The second kappa shape index (κ2) is 8.08. The SMILES string of the molecule is CCCC1CCN(CCCC(C)CN)CC1. The van der Waals surface area contributed by atoms with E-state index in [4.69, 9.17) is 5.73 Å². The average molecular weight is 226 g/mol. The van der Waals surface area contributed by atoms with E-state index in [0.29, 0.717) is 5.92 Å². The first-order chi connectivity index (χ1) is 7.76. The molecule has 2 N–H and O–H groups in total. The van der Waals surface area contributed by atoms with Crippen molar-refractivity contribution in [1.29, 1.82) is 0 Å². The summed E-state index contributed by atoms with van der Waals surface area (Å²) in [7, 11) is 0. The molecule has 0 aromatic carbocycles. The van der Waals surface area contributed by atoms with Gasteiger partial charge in [-0.25, -0.2) is 0 Å². The summed E-state index contributed by atoms with van der Waals surface area (Å²) >= 11 is 0. The number of rotatable bonds is 7. The number of hydrogen-bond acceptors (Lipinski definition) is 2. The van der Waals surface area contributed by atoms with Crippen molar-refractivity contribution in [3.63, 3.8) is 0 Å². The van der Waals surface area contributed by atoms with Gasteiger partial charge in [-0.2, -0.15) is 0 Å². The molecule has 1 rings (SSSR count). The molecule has 1 heterocycles. The van der Waals surface area contributed by atoms with Crippen molar-refractivity contribution in [3.8, 4) is 0 Å². The Bertz CT molecular complexity index is 162. The van der Waals surface area contributed by atoms with Crippen molar-refractivity contribution < 1.29 is 0 Å². The maximum Gasteiger partial charge on any atom is -0.00161 e. The highest BCUT2D eigenvalue weighted by atomic mass is 15.1. The van der Waals surface area contributed by atoms with Gasteiger partial charge in [-0.15, -0.1) is 0 Å². The van der Waals surface area contributed by atoms with Crippen LogP contribution in [0, 0.1) is 11.8 Å². The Morgan fingerprint density at radius 2 is 2.00 bits per heavy atom. The van der Waals surface area contributed by atoms with E-state index in [2.05, 4.69) is 18.7 Å². The Morgan fingerprint density at radius 1 is 1.31 bits per heavy atom. The van der Waals surface area contributed by atoms with Crippen molar-refractivity contribution in [3.05, 3.63) is 0 Å². The maximum absolute atomic E-state index is 5.63. The van der Waals surface area contributed by atoms with Crippen LogP contribution >= 0.6 is 0 Å². The minimum Gasteiger partial charge on any atom is -0.330 e. The molecule has 0 amide bonds. The van der Waals surface area contributed by atoms with Crippen molar-refractivity contribution >= 4 is 0 Å². The summed E-state index contributed by atoms with van der Waals surface area (Å²) in [5.74, 6) is 1.72. The molecule has 1 aliphatic rings. The summed E-state index contributed by atoms with van der Waals surface area (Å²) in [6.07, 6.45) is 8.29. The first-order valence-electron chi connectivity index (χ1n) is 7.18. The van der Waals surface area contributed by atoms with Gasteiger partial charge in [0.25, 0.3) is 0 Å². The third-order valence-electron chi connectivity index (χ3n) is 3.98. The molecule has 1 atom stereocenters. The van der Waals surface area contributed by atoms with Crippen LogP contribution in [-0.2, 0) is 0 Å². The summed E-state index contributed by atoms with van der Waals surface area (Å²) in [5, 5.41) is 0. The predicted molar refractivity (Wildman–Crippen MR) is 71.5 cm³/mol. The van der Waals surface area contributed by atoms with Gasteiger partial charge < -0.3 is 10.6 Å². The van der Waals surface area contributed by atoms with E-state index in [1.165, 1.54) is 58.2 Å². The molecule has 0 aromatic heterocycles. The van der Waals surface area contributed by atoms with Crippen LogP contribution in [0.2, 0.25) is 0 Å². The molecule has 0 spiro atoms. The fourth-order valence-electron chi connectivity index (χ4n) is 2.69. The Labute approximate surface area is 102 Å². The quantitative estimate of drug-likeness (QED) is 0.723. The fraction of sp³-hybridized carbons (Fsp3) is 1.00. The second-order valence-corrected chi connectivity index (χ2v) is 5.56. The van der Waals surface area contributed by atoms with Gasteiger partial charge in [-0.1, -0.05) is 26.7 Å². The Hall–Kier alpha value is -0.0800. The van der Waals surface area contributed by atoms with Gasteiger partial charge in [-0.3, -0.25) is 0 Å².